The van der Waals surface area contributed by atoms with Crippen molar-refractivity contribution in [3.05, 3.63) is 0 Å². The van der Waals surface area contributed by atoms with E-state index in [1.165, 1.54) is 12.8 Å². The Morgan fingerprint density at radius 3 is 2.67 bits per heavy atom. The third kappa shape index (κ3) is 3.06. The molecule has 2 fully saturated rings. The van der Waals surface area contributed by atoms with Crippen LogP contribution in [-0.2, 0) is 4.79 Å². The number of rotatable bonds is 1. The maximum Gasteiger partial charge on any atom is 0.239 e. The van der Waals surface area contributed by atoms with E-state index in [-0.39, 0.29) is 30.4 Å². The summed E-state index contributed by atoms with van der Waals surface area (Å²) in [6.45, 7) is 2.57. The monoisotopic (exact) mass is 233 g/mol. The number of carbonyl (C=O) groups excluding carboxylic acids is 1. The van der Waals surface area contributed by atoms with Crippen LogP contribution in [-0.4, -0.2) is 42.5 Å². The molecule has 88 valence electrons. The lowest BCUT2D eigenvalue weighted by Gasteiger charge is -2.27. The summed E-state index contributed by atoms with van der Waals surface area (Å²) in [6, 6.07) is 0.261. The quantitative estimate of drug-likeness (QED) is 0.676. The fourth-order valence-electron chi connectivity index (χ4n) is 2.27. The summed E-state index contributed by atoms with van der Waals surface area (Å²) in [4.78, 5) is 13.9. The first kappa shape index (κ1) is 12.7. The van der Waals surface area contributed by atoms with Gasteiger partial charge in [-0.05, 0) is 25.8 Å². The van der Waals surface area contributed by atoms with Crippen molar-refractivity contribution in [1.82, 2.24) is 10.2 Å². The lowest BCUT2D eigenvalue weighted by Crippen LogP contribution is -2.48. The maximum atomic E-state index is 12.0. The van der Waals surface area contributed by atoms with E-state index in [0.717, 1.165) is 32.5 Å². The van der Waals surface area contributed by atoms with Gasteiger partial charge >= 0.3 is 0 Å². The van der Waals surface area contributed by atoms with Crippen molar-refractivity contribution in [1.29, 1.82) is 0 Å². The van der Waals surface area contributed by atoms with Gasteiger partial charge in [0.1, 0.15) is 0 Å². The van der Waals surface area contributed by atoms with Gasteiger partial charge in [0.25, 0.3) is 0 Å². The van der Waals surface area contributed by atoms with Crippen LogP contribution in [0.2, 0.25) is 0 Å². The molecular formula is C10H20ClN3O. The Bertz CT molecular complexity index is 212. The molecule has 1 amide bonds. The normalized spacial score (nSPS) is 31.1. The first-order valence-electron chi connectivity index (χ1n) is 5.55. The van der Waals surface area contributed by atoms with E-state index in [4.69, 9.17) is 5.73 Å². The molecule has 3 N–H and O–H groups in total. The van der Waals surface area contributed by atoms with Crippen molar-refractivity contribution in [2.75, 3.05) is 19.6 Å². The van der Waals surface area contributed by atoms with Gasteiger partial charge < -0.3 is 16.0 Å². The van der Waals surface area contributed by atoms with Crippen LogP contribution in [0.1, 0.15) is 25.7 Å². The molecule has 15 heavy (non-hydrogen) atoms. The van der Waals surface area contributed by atoms with Gasteiger partial charge in [0.15, 0.2) is 0 Å². The van der Waals surface area contributed by atoms with Crippen molar-refractivity contribution in [2.24, 2.45) is 5.73 Å². The van der Waals surface area contributed by atoms with Crippen LogP contribution in [0.4, 0.5) is 0 Å². The number of amides is 1. The highest BCUT2D eigenvalue weighted by Gasteiger charge is 2.29. The third-order valence-electron chi connectivity index (χ3n) is 3.14. The average Bonchev–Trinajstić information content (AvgIpc) is 2.65. The fourth-order valence-corrected chi connectivity index (χ4v) is 2.27. The highest BCUT2D eigenvalue weighted by atomic mass is 35.5. The summed E-state index contributed by atoms with van der Waals surface area (Å²) < 4.78 is 0. The van der Waals surface area contributed by atoms with Crippen LogP contribution in [0.15, 0.2) is 0 Å². The maximum absolute atomic E-state index is 12.0. The van der Waals surface area contributed by atoms with Crippen LogP contribution in [0, 0.1) is 0 Å². The zero-order chi connectivity index (χ0) is 9.97. The molecule has 0 bridgehead atoms. The summed E-state index contributed by atoms with van der Waals surface area (Å²) >= 11 is 0. The van der Waals surface area contributed by atoms with Gasteiger partial charge in [-0.1, -0.05) is 6.42 Å². The lowest BCUT2D eigenvalue weighted by molar-refractivity contribution is -0.133. The molecule has 0 aromatic carbocycles. The number of carbonyl (C=O) groups is 1. The van der Waals surface area contributed by atoms with Crippen molar-refractivity contribution < 1.29 is 4.79 Å². The summed E-state index contributed by atoms with van der Waals surface area (Å²) in [5.41, 5.74) is 5.78. The standard InChI is InChI=1S/C10H19N3O.ClH/c11-8-4-6-13(7-8)10(14)9-3-1-2-5-12-9;/h8-9,12H,1-7,11H2;1H/t8?,9-;/m0./s1. The fraction of sp³-hybridized carbons (Fsp3) is 0.900. The van der Waals surface area contributed by atoms with Gasteiger partial charge in [0.2, 0.25) is 5.91 Å². The average molecular weight is 234 g/mol. The highest BCUT2D eigenvalue weighted by Crippen LogP contribution is 2.13. The first-order chi connectivity index (χ1) is 6.77. The second-order valence-corrected chi connectivity index (χ2v) is 4.34. The number of likely N-dealkylation sites (tertiary alicyclic amines) is 1. The summed E-state index contributed by atoms with van der Waals surface area (Å²) in [5.74, 6) is 0.262. The summed E-state index contributed by atoms with van der Waals surface area (Å²) in [7, 11) is 0. The minimum atomic E-state index is 0. The molecule has 2 rings (SSSR count). The predicted molar refractivity (Wildman–Crippen MR) is 62.1 cm³/mol. The van der Waals surface area contributed by atoms with Gasteiger partial charge in [-0.25, -0.2) is 0 Å². The highest BCUT2D eigenvalue weighted by molar-refractivity contribution is 5.85. The molecule has 2 saturated heterocycles. The molecule has 0 aromatic rings. The number of hydrogen-bond donors (Lipinski definition) is 2. The molecule has 4 nitrogen and oxygen atoms in total. The van der Waals surface area contributed by atoms with E-state index in [9.17, 15) is 4.79 Å². The largest absolute Gasteiger partial charge is 0.340 e. The van der Waals surface area contributed by atoms with Gasteiger partial charge in [0.05, 0.1) is 6.04 Å². The summed E-state index contributed by atoms with van der Waals surface area (Å²) in [6.07, 6.45) is 4.32. The molecule has 0 radical (unpaired) electrons. The SMILES string of the molecule is Cl.NC1CCN(C(=O)[C@@H]2CCCCN2)C1. The predicted octanol–water partition coefficient (Wildman–Crippen LogP) is 0.110. The number of nitrogens with zero attached hydrogens (tertiary/aromatic N) is 1. The van der Waals surface area contributed by atoms with Gasteiger partial charge in [-0.3, -0.25) is 4.79 Å². The molecule has 0 spiro atoms. The van der Waals surface area contributed by atoms with Crippen molar-refractivity contribution in [2.45, 2.75) is 37.8 Å². The van der Waals surface area contributed by atoms with Crippen LogP contribution < -0.4 is 11.1 Å². The Morgan fingerprint density at radius 2 is 2.13 bits per heavy atom. The Hall–Kier alpha value is -0.320. The zero-order valence-electron chi connectivity index (χ0n) is 8.95. The second kappa shape index (κ2) is 5.68. The minimum Gasteiger partial charge on any atom is -0.340 e. The van der Waals surface area contributed by atoms with E-state index >= 15 is 0 Å². The van der Waals surface area contributed by atoms with Crippen LogP contribution >= 0.6 is 12.4 Å². The molecule has 2 heterocycles. The molecule has 1 unspecified atom stereocenters. The molecule has 0 aliphatic carbocycles. The first-order valence-corrected chi connectivity index (χ1v) is 5.55. The Labute approximate surface area is 97.0 Å². The number of piperidine rings is 1. The van der Waals surface area contributed by atoms with Gasteiger partial charge in [-0.2, -0.15) is 0 Å². The van der Waals surface area contributed by atoms with Gasteiger partial charge in [-0.15, -0.1) is 12.4 Å². The lowest BCUT2D eigenvalue weighted by atomic mass is 10.0. The van der Waals surface area contributed by atoms with E-state index in [1.54, 1.807) is 0 Å². The van der Waals surface area contributed by atoms with Crippen molar-refractivity contribution >= 4 is 18.3 Å². The van der Waals surface area contributed by atoms with Crippen molar-refractivity contribution in [3.63, 3.8) is 0 Å². The smallest absolute Gasteiger partial charge is 0.239 e. The second-order valence-electron chi connectivity index (χ2n) is 4.34. The third-order valence-corrected chi connectivity index (χ3v) is 3.14. The Morgan fingerprint density at radius 1 is 1.33 bits per heavy atom. The molecule has 2 atom stereocenters. The van der Waals surface area contributed by atoms with Crippen LogP contribution in [0.3, 0.4) is 0 Å². The molecule has 0 saturated carbocycles. The molecule has 2 aliphatic rings. The van der Waals surface area contributed by atoms with Crippen LogP contribution in [0.25, 0.3) is 0 Å². The summed E-state index contributed by atoms with van der Waals surface area (Å²) in [5, 5.41) is 3.28. The zero-order valence-corrected chi connectivity index (χ0v) is 9.76. The minimum absolute atomic E-state index is 0. The molecule has 0 aromatic heterocycles. The van der Waals surface area contributed by atoms with E-state index in [1.807, 2.05) is 4.90 Å². The van der Waals surface area contributed by atoms with E-state index in [0.29, 0.717) is 0 Å². The van der Waals surface area contributed by atoms with E-state index < -0.39 is 0 Å². The van der Waals surface area contributed by atoms with Crippen LogP contribution in [0.5, 0.6) is 0 Å². The molecule has 5 heteroatoms. The number of nitrogens with one attached hydrogen (secondary N) is 1. The number of nitrogens with two attached hydrogens (primary N) is 1. The molecular weight excluding hydrogens is 214 g/mol. The Balaban J connectivity index is 0.00000112. The number of hydrogen-bond acceptors (Lipinski definition) is 3. The number of halogens is 1. The van der Waals surface area contributed by atoms with E-state index in [2.05, 4.69) is 5.32 Å². The molecule has 2 aliphatic heterocycles. The van der Waals surface area contributed by atoms with Crippen molar-refractivity contribution in [3.8, 4) is 0 Å². The topological polar surface area (TPSA) is 58.4 Å². The van der Waals surface area contributed by atoms with Gasteiger partial charge in [0, 0.05) is 19.1 Å². The Kier molecular flexibility index (Phi) is 4.83.